The van der Waals surface area contributed by atoms with E-state index in [0.29, 0.717) is 0 Å². The van der Waals surface area contributed by atoms with Gasteiger partial charge in [0.25, 0.3) is 0 Å². The second-order valence-electron chi connectivity index (χ2n) is 0.521. The normalized spacial score (nSPS) is 6.86. The molecule has 4 radical (unpaired) electrons. The standard InChI is InChI=1S/C2F4.Sn/c3-1(4)2(5)6;. The van der Waals surface area contributed by atoms with Crippen LogP contribution < -0.4 is 0 Å². The van der Waals surface area contributed by atoms with Crippen LogP contribution in [0.2, 0.25) is 0 Å². The van der Waals surface area contributed by atoms with Gasteiger partial charge in [-0.2, -0.15) is 17.6 Å². The number of hydrogen-bond donors (Lipinski definition) is 0. The molecule has 0 aromatic heterocycles. The minimum Gasteiger partial charge on any atom is -0.167 e. The summed E-state index contributed by atoms with van der Waals surface area (Å²) in [4.78, 5) is 0. The smallest absolute Gasteiger partial charge is 0.167 e. The Morgan fingerprint density at radius 3 is 0.857 bits per heavy atom. The molecule has 40 valence electrons. The molecule has 0 rings (SSSR count). The van der Waals surface area contributed by atoms with Gasteiger partial charge in [-0.3, -0.25) is 0 Å². The summed E-state index contributed by atoms with van der Waals surface area (Å²) in [6.07, 6.45) is -5.81. The average molecular weight is 219 g/mol. The zero-order chi connectivity index (χ0) is 5.15. The summed E-state index contributed by atoms with van der Waals surface area (Å²) in [6.45, 7) is 0. The summed E-state index contributed by atoms with van der Waals surface area (Å²) in [7, 11) is 0. The molecule has 0 aliphatic heterocycles. The van der Waals surface area contributed by atoms with E-state index in [1.807, 2.05) is 0 Å². The van der Waals surface area contributed by atoms with Gasteiger partial charge < -0.3 is 0 Å². The minimum atomic E-state index is -2.91. The van der Waals surface area contributed by atoms with Crippen molar-refractivity contribution in [3.05, 3.63) is 12.2 Å². The maximum Gasteiger partial charge on any atom is 0.334 e. The zero-order valence-electron chi connectivity index (χ0n) is 3.01. The van der Waals surface area contributed by atoms with Crippen LogP contribution in [0.4, 0.5) is 17.6 Å². The van der Waals surface area contributed by atoms with Crippen LogP contribution in [0, 0.1) is 0 Å². The molecule has 5 heteroatoms. The molecule has 0 aliphatic carbocycles. The Balaban J connectivity index is 0. The number of hydrogen-bond acceptors (Lipinski definition) is 0. The van der Waals surface area contributed by atoms with Crippen LogP contribution in [0.25, 0.3) is 0 Å². The van der Waals surface area contributed by atoms with Crippen LogP contribution in [-0.2, 0) is 0 Å². The second-order valence-corrected chi connectivity index (χ2v) is 0.521. The van der Waals surface area contributed by atoms with Gasteiger partial charge in [0.2, 0.25) is 0 Å². The van der Waals surface area contributed by atoms with E-state index in [9.17, 15) is 17.6 Å². The predicted molar refractivity (Wildman–Crippen MR) is 17.2 cm³/mol. The van der Waals surface area contributed by atoms with Crippen LogP contribution in [0.1, 0.15) is 0 Å². The SMILES string of the molecule is FC(F)=C(F)F.[Sn]. The molecule has 0 aromatic carbocycles. The fraction of sp³-hybridized carbons (Fsp3) is 0. The fourth-order valence-corrected chi connectivity index (χ4v) is 0. The van der Waals surface area contributed by atoms with Gasteiger partial charge in [-0.25, -0.2) is 0 Å². The van der Waals surface area contributed by atoms with Crippen LogP contribution in [0.3, 0.4) is 0 Å². The summed E-state index contributed by atoms with van der Waals surface area (Å²) in [5.41, 5.74) is 0. The van der Waals surface area contributed by atoms with Gasteiger partial charge >= 0.3 is 12.2 Å². The van der Waals surface area contributed by atoms with Crippen molar-refractivity contribution in [2.75, 3.05) is 0 Å². The molecular weight excluding hydrogens is 219 g/mol. The van der Waals surface area contributed by atoms with E-state index >= 15 is 0 Å². The van der Waals surface area contributed by atoms with Crippen molar-refractivity contribution in [3.63, 3.8) is 0 Å². The van der Waals surface area contributed by atoms with Crippen LogP contribution in [0.5, 0.6) is 0 Å². The molecule has 0 amide bonds. The van der Waals surface area contributed by atoms with Gasteiger partial charge in [-0.1, -0.05) is 0 Å². The molecule has 0 unspecified atom stereocenters. The monoisotopic (exact) mass is 220 g/mol. The van der Waals surface area contributed by atoms with E-state index in [0.717, 1.165) is 0 Å². The van der Waals surface area contributed by atoms with Crippen molar-refractivity contribution >= 4 is 23.9 Å². The second kappa shape index (κ2) is 4.42. The van der Waals surface area contributed by atoms with Crippen LogP contribution in [-0.4, -0.2) is 23.9 Å². The Labute approximate surface area is 54.2 Å². The van der Waals surface area contributed by atoms with Gasteiger partial charge in [0.1, 0.15) is 0 Å². The third-order valence-electron chi connectivity index (χ3n) is 0.143. The number of halogens is 4. The van der Waals surface area contributed by atoms with E-state index < -0.39 is 12.2 Å². The van der Waals surface area contributed by atoms with Crippen molar-refractivity contribution in [1.82, 2.24) is 0 Å². The predicted octanol–water partition coefficient (Wildman–Crippen LogP) is 1.61. The fourth-order valence-electron chi connectivity index (χ4n) is 0. The van der Waals surface area contributed by atoms with Gasteiger partial charge in [0.15, 0.2) is 0 Å². The van der Waals surface area contributed by atoms with Crippen molar-refractivity contribution in [3.8, 4) is 0 Å². The molecule has 0 bridgehead atoms. The molecule has 0 heterocycles. The molecule has 7 heavy (non-hydrogen) atoms. The Morgan fingerprint density at radius 1 is 0.714 bits per heavy atom. The van der Waals surface area contributed by atoms with Crippen LogP contribution >= 0.6 is 0 Å². The Kier molecular flexibility index (Phi) is 6.49. The topological polar surface area (TPSA) is 0 Å². The van der Waals surface area contributed by atoms with E-state index in [2.05, 4.69) is 0 Å². The summed E-state index contributed by atoms with van der Waals surface area (Å²) in [6, 6.07) is 0. The Bertz CT molecular complexity index is 59.8. The summed E-state index contributed by atoms with van der Waals surface area (Å²) >= 11 is 0. The molecule has 0 atom stereocenters. The van der Waals surface area contributed by atoms with Gasteiger partial charge in [0, 0.05) is 23.9 Å². The molecule has 0 saturated carbocycles. The third-order valence-corrected chi connectivity index (χ3v) is 0.143. The molecule has 0 nitrogen and oxygen atoms in total. The van der Waals surface area contributed by atoms with E-state index in [-0.39, 0.29) is 23.9 Å². The molecule has 0 fully saturated rings. The Hall–Kier alpha value is 0.259. The molecule has 0 saturated heterocycles. The van der Waals surface area contributed by atoms with E-state index in [1.54, 1.807) is 0 Å². The van der Waals surface area contributed by atoms with Gasteiger partial charge in [-0.15, -0.1) is 0 Å². The molecule has 0 aliphatic rings. The zero-order valence-corrected chi connectivity index (χ0v) is 5.87. The largest absolute Gasteiger partial charge is 0.334 e. The van der Waals surface area contributed by atoms with Crippen LogP contribution in [0.15, 0.2) is 12.2 Å². The van der Waals surface area contributed by atoms with E-state index in [4.69, 9.17) is 0 Å². The van der Waals surface area contributed by atoms with Crippen molar-refractivity contribution < 1.29 is 17.6 Å². The maximum atomic E-state index is 10.3. The van der Waals surface area contributed by atoms with Gasteiger partial charge in [0.05, 0.1) is 0 Å². The molecule has 0 aromatic rings. The first-order valence-corrected chi connectivity index (χ1v) is 1.01. The summed E-state index contributed by atoms with van der Waals surface area (Å²) in [5.74, 6) is 0. The van der Waals surface area contributed by atoms with E-state index in [1.165, 1.54) is 0 Å². The van der Waals surface area contributed by atoms with Crippen molar-refractivity contribution in [2.45, 2.75) is 0 Å². The third kappa shape index (κ3) is 6.26. The minimum absolute atomic E-state index is 0. The summed E-state index contributed by atoms with van der Waals surface area (Å²) < 4.78 is 41.1. The maximum absolute atomic E-state index is 10.3. The Morgan fingerprint density at radius 2 is 0.857 bits per heavy atom. The van der Waals surface area contributed by atoms with Crippen molar-refractivity contribution in [1.29, 1.82) is 0 Å². The molecule has 0 spiro atoms. The van der Waals surface area contributed by atoms with Crippen molar-refractivity contribution in [2.24, 2.45) is 0 Å². The molecule has 0 N–H and O–H groups in total. The van der Waals surface area contributed by atoms with Gasteiger partial charge in [-0.05, 0) is 0 Å². The quantitative estimate of drug-likeness (QED) is 0.428. The number of rotatable bonds is 0. The first-order valence-electron chi connectivity index (χ1n) is 1.01. The first-order chi connectivity index (χ1) is 2.64. The molecular formula is C2F4Sn. The first kappa shape index (κ1) is 10.3. The average Bonchev–Trinajstić information content (AvgIpc) is 1.36. The summed E-state index contributed by atoms with van der Waals surface area (Å²) in [5, 5.41) is 0.